The first-order chi connectivity index (χ1) is 13.2. The van der Waals surface area contributed by atoms with Gasteiger partial charge < -0.3 is 10.3 Å². The maximum absolute atomic E-state index is 13.3. The molecule has 2 N–H and O–H groups in total. The van der Waals surface area contributed by atoms with Crippen molar-refractivity contribution in [1.82, 2.24) is 20.2 Å². The van der Waals surface area contributed by atoms with Gasteiger partial charge in [-0.15, -0.1) is 0 Å². The Kier molecular flexibility index (Phi) is 5.16. The van der Waals surface area contributed by atoms with Gasteiger partial charge in [0.05, 0.1) is 23.6 Å². The molecule has 0 unspecified atom stereocenters. The van der Waals surface area contributed by atoms with Gasteiger partial charge in [0, 0.05) is 6.54 Å². The molecule has 1 saturated heterocycles. The molecule has 1 aliphatic rings. The second-order valence-corrected chi connectivity index (χ2v) is 7.03. The fourth-order valence-corrected chi connectivity index (χ4v) is 3.70. The van der Waals surface area contributed by atoms with E-state index in [2.05, 4.69) is 32.3 Å². The Morgan fingerprint density at radius 2 is 2.07 bits per heavy atom. The molecule has 140 valence electrons. The van der Waals surface area contributed by atoms with Crippen LogP contribution in [0.1, 0.15) is 30.7 Å². The number of likely N-dealkylation sites (tertiary alicyclic amines) is 1. The highest BCUT2D eigenvalue weighted by Gasteiger charge is 2.28. The van der Waals surface area contributed by atoms with Gasteiger partial charge in [0.1, 0.15) is 11.6 Å². The van der Waals surface area contributed by atoms with Crippen molar-refractivity contribution in [3.05, 3.63) is 65.7 Å². The molecule has 0 saturated carbocycles. The van der Waals surface area contributed by atoms with Gasteiger partial charge in [-0.1, -0.05) is 36.8 Å². The number of fused-ring (bicyclic) bond motifs is 1. The van der Waals surface area contributed by atoms with Crippen LogP contribution in [0.25, 0.3) is 11.0 Å². The molecule has 1 aliphatic heterocycles. The third-order valence-corrected chi connectivity index (χ3v) is 5.07. The third-order valence-electron chi connectivity index (χ3n) is 5.07. The fourth-order valence-electron chi connectivity index (χ4n) is 3.70. The Morgan fingerprint density at radius 1 is 1.22 bits per heavy atom. The lowest BCUT2D eigenvalue weighted by molar-refractivity contribution is -0.128. The molecule has 0 spiro atoms. The Balaban J connectivity index is 1.40. The minimum atomic E-state index is -0.305. The fraction of sp³-hybridized carbons (Fsp3) is 0.333. The number of amides is 1. The number of rotatable bonds is 5. The Bertz CT molecular complexity index is 924. The molecule has 1 atom stereocenters. The Labute approximate surface area is 157 Å². The molecule has 3 aromatic rings. The van der Waals surface area contributed by atoms with E-state index in [1.807, 2.05) is 18.2 Å². The Hall–Kier alpha value is -2.73. The lowest BCUT2D eigenvalue weighted by Crippen LogP contribution is -2.48. The van der Waals surface area contributed by atoms with Crippen molar-refractivity contribution in [3.63, 3.8) is 0 Å². The monoisotopic (exact) mass is 366 g/mol. The van der Waals surface area contributed by atoms with E-state index in [0.29, 0.717) is 23.4 Å². The van der Waals surface area contributed by atoms with Crippen LogP contribution in [0.4, 0.5) is 4.39 Å². The normalized spacial score (nSPS) is 17.9. The molecule has 0 bridgehead atoms. The summed E-state index contributed by atoms with van der Waals surface area (Å²) in [6.45, 7) is 2.02. The van der Waals surface area contributed by atoms with Gasteiger partial charge in [0.25, 0.3) is 0 Å². The highest BCUT2D eigenvalue weighted by molar-refractivity contribution is 5.82. The number of nitrogens with one attached hydrogen (secondary N) is 2. The lowest BCUT2D eigenvalue weighted by atomic mass is 10.0. The molecule has 5 nitrogen and oxygen atoms in total. The molecule has 4 rings (SSSR count). The summed E-state index contributed by atoms with van der Waals surface area (Å²) in [5, 5.41) is 2.99. The number of H-pyrrole nitrogens is 1. The smallest absolute Gasteiger partial charge is 0.237 e. The summed E-state index contributed by atoms with van der Waals surface area (Å²) in [4.78, 5) is 22.5. The number of hydrogen-bond acceptors (Lipinski definition) is 3. The SMILES string of the molecule is O=C(NCc1nc2ccc(F)cc2[nH]1)[C@@H]1CCCCN1Cc1ccccc1. The summed E-state index contributed by atoms with van der Waals surface area (Å²) < 4.78 is 13.3. The number of benzene rings is 2. The van der Waals surface area contributed by atoms with Crippen molar-refractivity contribution in [1.29, 1.82) is 0 Å². The zero-order chi connectivity index (χ0) is 18.6. The van der Waals surface area contributed by atoms with Crippen LogP contribution in [0.5, 0.6) is 0 Å². The maximum atomic E-state index is 13.3. The molecule has 0 radical (unpaired) electrons. The van der Waals surface area contributed by atoms with Gasteiger partial charge in [-0.3, -0.25) is 9.69 Å². The lowest BCUT2D eigenvalue weighted by Gasteiger charge is -2.34. The zero-order valence-corrected chi connectivity index (χ0v) is 15.1. The van der Waals surface area contributed by atoms with Crippen molar-refractivity contribution in [3.8, 4) is 0 Å². The molecule has 1 aromatic heterocycles. The summed E-state index contributed by atoms with van der Waals surface area (Å²) in [7, 11) is 0. The van der Waals surface area contributed by atoms with E-state index >= 15 is 0 Å². The van der Waals surface area contributed by atoms with Gasteiger partial charge >= 0.3 is 0 Å². The van der Waals surface area contributed by atoms with Crippen LogP contribution in [0.3, 0.4) is 0 Å². The second kappa shape index (κ2) is 7.88. The minimum Gasteiger partial charge on any atom is -0.348 e. The summed E-state index contributed by atoms with van der Waals surface area (Å²) in [5.74, 6) is 0.354. The first kappa shape index (κ1) is 17.7. The molecular formula is C21H23FN4O. The average Bonchev–Trinajstić information content (AvgIpc) is 3.09. The van der Waals surface area contributed by atoms with E-state index in [4.69, 9.17) is 0 Å². The number of nitrogens with zero attached hydrogens (tertiary/aromatic N) is 2. The highest BCUT2D eigenvalue weighted by atomic mass is 19.1. The van der Waals surface area contributed by atoms with Crippen molar-refractivity contribution < 1.29 is 9.18 Å². The van der Waals surface area contributed by atoms with Crippen LogP contribution in [0, 0.1) is 5.82 Å². The summed E-state index contributed by atoms with van der Waals surface area (Å²) in [5.41, 5.74) is 2.56. The predicted octanol–water partition coefficient (Wildman–Crippen LogP) is 3.37. The quantitative estimate of drug-likeness (QED) is 0.728. The van der Waals surface area contributed by atoms with Crippen molar-refractivity contribution in [2.24, 2.45) is 0 Å². The standard InChI is InChI=1S/C21H23FN4O/c22-16-9-10-17-18(12-16)25-20(24-17)13-23-21(27)19-8-4-5-11-26(19)14-15-6-2-1-3-7-15/h1-3,6-7,9-10,12,19H,4-5,8,11,13-14H2,(H,23,27)(H,24,25)/t19-/m0/s1. The van der Waals surface area contributed by atoms with Crippen LogP contribution < -0.4 is 5.32 Å². The summed E-state index contributed by atoms with van der Waals surface area (Å²) >= 11 is 0. The number of aromatic amines is 1. The van der Waals surface area contributed by atoms with E-state index in [1.54, 1.807) is 6.07 Å². The molecular weight excluding hydrogens is 343 g/mol. The number of hydrogen-bond donors (Lipinski definition) is 2. The van der Waals surface area contributed by atoms with Crippen molar-refractivity contribution in [2.75, 3.05) is 6.54 Å². The molecule has 1 amide bonds. The number of imidazole rings is 1. The topological polar surface area (TPSA) is 61.0 Å². The van der Waals surface area contributed by atoms with Gasteiger partial charge in [0.15, 0.2) is 0 Å². The largest absolute Gasteiger partial charge is 0.348 e. The second-order valence-electron chi connectivity index (χ2n) is 7.03. The van der Waals surface area contributed by atoms with E-state index in [9.17, 15) is 9.18 Å². The highest BCUT2D eigenvalue weighted by Crippen LogP contribution is 2.20. The van der Waals surface area contributed by atoms with E-state index in [1.165, 1.54) is 17.7 Å². The third kappa shape index (κ3) is 4.17. The van der Waals surface area contributed by atoms with Gasteiger partial charge in [-0.05, 0) is 43.1 Å². The number of carbonyl (C=O) groups excluding carboxylic acids is 1. The first-order valence-electron chi connectivity index (χ1n) is 9.39. The van der Waals surface area contributed by atoms with E-state index in [0.717, 1.165) is 32.4 Å². The van der Waals surface area contributed by atoms with Crippen LogP contribution >= 0.6 is 0 Å². The van der Waals surface area contributed by atoms with Crippen LogP contribution in [-0.4, -0.2) is 33.4 Å². The molecule has 0 aliphatic carbocycles. The molecule has 2 aromatic carbocycles. The number of carbonyl (C=O) groups is 1. The number of halogens is 1. The average molecular weight is 366 g/mol. The predicted molar refractivity (Wildman–Crippen MR) is 102 cm³/mol. The van der Waals surface area contributed by atoms with Gasteiger partial charge in [-0.2, -0.15) is 0 Å². The maximum Gasteiger partial charge on any atom is 0.237 e. The van der Waals surface area contributed by atoms with Crippen LogP contribution in [0.2, 0.25) is 0 Å². The molecule has 27 heavy (non-hydrogen) atoms. The molecule has 2 heterocycles. The van der Waals surface area contributed by atoms with E-state index in [-0.39, 0.29) is 17.8 Å². The van der Waals surface area contributed by atoms with E-state index < -0.39 is 0 Å². The molecule has 6 heteroatoms. The van der Waals surface area contributed by atoms with Crippen molar-refractivity contribution >= 4 is 16.9 Å². The molecule has 1 fully saturated rings. The van der Waals surface area contributed by atoms with Crippen molar-refractivity contribution in [2.45, 2.75) is 38.4 Å². The van der Waals surface area contributed by atoms with Gasteiger partial charge in [-0.25, -0.2) is 9.37 Å². The summed E-state index contributed by atoms with van der Waals surface area (Å²) in [6, 6.07) is 14.6. The number of piperidine rings is 1. The summed E-state index contributed by atoms with van der Waals surface area (Å²) in [6.07, 6.45) is 3.04. The number of aromatic nitrogens is 2. The van der Waals surface area contributed by atoms with Crippen LogP contribution in [-0.2, 0) is 17.9 Å². The van der Waals surface area contributed by atoms with Crippen LogP contribution in [0.15, 0.2) is 48.5 Å². The zero-order valence-electron chi connectivity index (χ0n) is 15.1. The Morgan fingerprint density at radius 3 is 2.93 bits per heavy atom. The first-order valence-corrected chi connectivity index (χ1v) is 9.39. The van der Waals surface area contributed by atoms with Gasteiger partial charge in [0.2, 0.25) is 5.91 Å². The minimum absolute atomic E-state index is 0.0252.